The number of rotatable bonds is 8. The van der Waals surface area contributed by atoms with Gasteiger partial charge in [-0.15, -0.1) is 0 Å². The molecular formula is C46H58HfSi. The molecule has 48 heavy (non-hydrogen) atoms. The van der Waals surface area contributed by atoms with Crippen molar-refractivity contribution in [2.24, 2.45) is 0 Å². The third-order valence-electron chi connectivity index (χ3n) is 11.8. The molecule has 0 nitrogen and oxygen atoms in total. The van der Waals surface area contributed by atoms with E-state index in [0.29, 0.717) is 0 Å². The van der Waals surface area contributed by atoms with E-state index in [0.717, 1.165) is 6.42 Å². The summed E-state index contributed by atoms with van der Waals surface area (Å²) in [4.78, 5) is 0. The predicted molar refractivity (Wildman–Crippen MR) is 214 cm³/mol. The van der Waals surface area contributed by atoms with Crippen molar-refractivity contribution in [3.8, 4) is 11.1 Å². The van der Waals surface area contributed by atoms with Gasteiger partial charge in [-0.1, -0.05) is 0 Å². The van der Waals surface area contributed by atoms with E-state index in [-0.39, 0.29) is 18.2 Å². The van der Waals surface area contributed by atoms with Gasteiger partial charge in [0.15, 0.2) is 0 Å². The Hall–Kier alpha value is -2.68. The Bertz CT molecular complexity index is 1870. The average Bonchev–Trinajstić information content (AvgIpc) is 3.70. The quantitative estimate of drug-likeness (QED) is 0.155. The second-order valence-corrected chi connectivity index (χ2v) is 43.5. The predicted octanol–water partition coefficient (Wildman–Crippen LogP) is 10.9. The second kappa shape index (κ2) is 12.3. The van der Waals surface area contributed by atoms with Crippen molar-refractivity contribution in [2.45, 2.75) is 106 Å². The molecule has 0 atom stereocenters. The van der Waals surface area contributed by atoms with Gasteiger partial charge in [0.05, 0.1) is 0 Å². The van der Waals surface area contributed by atoms with Crippen LogP contribution in [0.3, 0.4) is 0 Å². The van der Waals surface area contributed by atoms with Crippen LogP contribution in [0, 0.1) is 0 Å². The standard InChI is InChI=1S/C21H25.C10H13.C9H13Si.C5H5.CH2.Hf/c1-20(2,3)16-7-9-18-14(12-16)11-15-13-17(21(4,5)6)8-10-19(15)18;1-2-3-7-10-8-5-4-6-9-10;1-10(2,3)9-7-5-4-6-8-9;1-2-4-5-3-1;;/h7-13H,1-6H3;5-6,8-9H,2-3,7H2,1H3;5-8H,1-3H3;1-5H;1H2;. The van der Waals surface area contributed by atoms with Crippen LogP contribution in [0.15, 0.2) is 109 Å². The molecule has 0 fully saturated rings. The van der Waals surface area contributed by atoms with Gasteiger partial charge < -0.3 is 0 Å². The molecule has 2 heteroatoms. The normalized spacial score (nSPS) is 15.6. The molecule has 0 bridgehead atoms. The summed E-state index contributed by atoms with van der Waals surface area (Å²) in [5, 5.41) is 1.52. The zero-order valence-electron chi connectivity index (χ0n) is 31.4. The summed E-state index contributed by atoms with van der Waals surface area (Å²) in [6.07, 6.45) is 13.2. The van der Waals surface area contributed by atoms with Crippen molar-refractivity contribution < 1.29 is 18.0 Å². The average molecular weight is 818 g/mol. The number of fused-ring (bicyclic) bond motifs is 3. The fourth-order valence-corrected chi connectivity index (χ4v) is 35.2. The molecule has 4 aromatic carbocycles. The molecule has 0 heterocycles. The van der Waals surface area contributed by atoms with Gasteiger partial charge in [0, 0.05) is 0 Å². The summed E-state index contributed by atoms with van der Waals surface area (Å²) < 4.78 is 9.37. The molecule has 0 N–H and O–H groups in total. The molecule has 250 valence electrons. The van der Waals surface area contributed by atoms with Crippen LogP contribution in [0.25, 0.3) is 11.1 Å². The van der Waals surface area contributed by atoms with Crippen molar-refractivity contribution in [3.05, 3.63) is 137 Å². The number of unbranched alkanes of at least 4 members (excludes halogenated alkanes) is 1. The second-order valence-electron chi connectivity index (χ2n) is 18.1. The zero-order chi connectivity index (χ0) is 34.7. The first-order chi connectivity index (χ1) is 22.5. The number of hydrogen-bond acceptors (Lipinski definition) is 0. The molecule has 2 aliphatic carbocycles. The summed E-state index contributed by atoms with van der Waals surface area (Å²) >= 11 is -5.00. The van der Waals surface area contributed by atoms with Crippen molar-refractivity contribution in [3.63, 3.8) is 0 Å². The van der Waals surface area contributed by atoms with Gasteiger partial charge in [-0.25, -0.2) is 0 Å². The third kappa shape index (κ3) is 5.73. The van der Waals surface area contributed by atoms with Crippen LogP contribution in [0.1, 0.15) is 92.8 Å². The Morgan fingerprint density at radius 2 is 1.10 bits per heavy atom. The number of hydrogen-bond donors (Lipinski definition) is 0. The Morgan fingerprint density at radius 1 is 0.646 bits per heavy atom. The molecule has 0 spiro atoms. The topological polar surface area (TPSA) is 0 Å². The molecule has 0 saturated heterocycles. The molecule has 0 saturated carbocycles. The van der Waals surface area contributed by atoms with Gasteiger partial charge in [0.2, 0.25) is 0 Å². The van der Waals surface area contributed by atoms with Gasteiger partial charge in [-0.05, 0) is 0 Å². The maximum absolute atomic E-state index is 5.90. The van der Waals surface area contributed by atoms with Crippen molar-refractivity contribution >= 4 is 24.2 Å². The van der Waals surface area contributed by atoms with Crippen molar-refractivity contribution in [1.29, 1.82) is 0 Å². The van der Waals surface area contributed by atoms with Crippen molar-refractivity contribution in [1.82, 2.24) is 0 Å². The number of aryl methyl sites for hydroxylation is 1. The zero-order valence-corrected chi connectivity index (χ0v) is 36.0. The molecule has 0 unspecified atom stereocenters. The maximum atomic E-state index is 5.90. The minimum absolute atomic E-state index is 0.0472. The van der Waals surface area contributed by atoms with E-state index in [4.69, 9.17) is 4.26 Å². The van der Waals surface area contributed by atoms with Crippen LogP contribution >= 0.6 is 0 Å². The van der Waals surface area contributed by atoms with E-state index < -0.39 is 26.1 Å². The molecule has 0 aliphatic heterocycles. The van der Waals surface area contributed by atoms with E-state index >= 15 is 0 Å². The fourth-order valence-electron chi connectivity index (χ4n) is 8.66. The summed E-state index contributed by atoms with van der Waals surface area (Å²) in [5.41, 5.74) is 10.1. The first-order valence-corrected chi connectivity index (χ1v) is 32.1. The van der Waals surface area contributed by atoms with Crippen LogP contribution in [0.2, 0.25) is 23.3 Å². The van der Waals surface area contributed by atoms with Crippen molar-refractivity contribution in [2.75, 3.05) is 0 Å². The van der Waals surface area contributed by atoms with E-state index in [1.54, 1.807) is 0 Å². The number of benzene rings is 4. The van der Waals surface area contributed by atoms with E-state index in [2.05, 4.69) is 177 Å². The minimum atomic E-state index is -5.00. The van der Waals surface area contributed by atoms with E-state index in [1.807, 2.05) is 0 Å². The van der Waals surface area contributed by atoms with Crippen LogP contribution in [0.4, 0.5) is 0 Å². The van der Waals surface area contributed by atoms with E-state index in [9.17, 15) is 0 Å². The van der Waals surface area contributed by atoms with Crippen LogP contribution < -0.4 is 11.8 Å². The number of allylic oxidation sites excluding steroid dienone is 4. The molecule has 4 aromatic rings. The Morgan fingerprint density at radius 3 is 1.52 bits per heavy atom. The van der Waals surface area contributed by atoms with E-state index in [1.165, 1.54) is 63.6 Å². The van der Waals surface area contributed by atoms with Gasteiger partial charge >= 0.3 is 296 Å². The molecule has 0 aromatic heterocycles. The molecule has 6 rings (SSSR count). The first kappa shape index (κ1) is 35.2. The third-order valence-corrected chi connectivity index (χ3v) is 39.9. The summed E-state index contributed by atoms with van der Waals surface area (Å²) in [6, 6.07) is 34.8. The van der Waals surface area contributed by atoms with Crippen LogP contribution in [-0.2, 0) is 35.3 Å². The molecular weight excluding hydrogens is 759 g/mol. The molecule has 0 radical (unpaired) electrons. The van der Waals surface area contributed by atoms with Crippen LogP contribution in [0.5, 0.6) is 0 Å². The first-order valence-electron chi connectivity index (χ1n) is 18.4. The SMILES string of the molecule is [CH2]=[Hf]([c]1ccc(CCCC)cc1)([c]1ccc([Si](C)(C)C)cc1)([CH]1C=CC=C1)[CH]1c2cc(C(C)(C)C)ccc2-c2ccc(C(C)(C)C)cc21. The Balaban J connectivity index is 1.78. The monoisotopic (exact) mass is 818 g/mol. The van der Waals surface area contributed by atoms with Gasteiger partial charge in [-0.3, -0.25) is 0 Å². The fraction of sp³-hybridized carbons (Fsp3) is 0.370. The molecule has 0 amide bonds. The van der Waals surface area contributed by atoms with Gasteiger partial charge in [-0.2, -0.15) is 0 Å². The van der Waals surface area contributed by atoms with Gasteiger partial charge in [0.1, 0.15) is 0 Å². The summed E-state index contributed by atoms with van der Waals surface area (Å²) in [5.74, 6) is 0. The summed E-state index contributed by atoms with van der Waals surface area (Å²) in [7, 11) is -1.50. The Labute approximate surface area is 294 Å². The van der Waals surface area contributed by atoms with Gasteiger partial charge in [0.25, 0.3) is 0 Å². The van der Waals surface area contributed by atoms with Crippen LogP contribution in [-0.4, -0.2) is 12.3 Å². The summed E-state index contributed by atoms with van der Waals surface area (Å²) in [6.45, 7) is 23.8. The molecule has 2 aliphatic rings. The Kier molecular flexibility index (Phi) is 8.99.